The van der Waals surface area contributed by atoms with E-state index in [-0.39, 0.29) is 10.8 Å². The quantitative estimate of drug-likeness (QED) is 0.913. The maximum Gasteiger partial charge on any atom is 0.224 e. The summed E-state index contributed by atoms with van der Waals surface area (Å²) in [6.45, 7) is 1.76. The van der Waals surface area contributed by atoms with E-state index in [1.54, 1.807) is 37.3 Å². The first-order chi connectivity index (χ1) is 11.0. The molecule has 2 aromatic rings. The molecular weight excluding hydrogens is 330 g/mol. The second-order valence-corrected chi connectivity index (χ2v) is 8.58. The number of carbonyl (C=O) groups excluding carboxylic acids is 1. The van der Waals surface area contributed by atoms with Crippen molar-refractivity contribution < 1.29 is 13.2 Å². The third-order valence-electron chi connectivity index (χ3n) is 4.02. The third-order valence-corrected chi connectivity index (χ3v) is 7.24. The van der Waals surface area contributed by atoms with Gasteiger partial charge in [-0.1, -0.05) is 25.1 Å². The molecule has 0 bridgehead atoms. The van der Waals surface area contributed by atoms with E-state index in [4.69, 9.17) is 0 Å². The van der Waals surface area contributed by atoms with E-state index >= 15 is 0 Å². The lowest BCUT2D eigenvalue weighted by molar-refractivity contribution is -0.115. The first kappa shape index (κ1) is 16.2. The molecule has 1 aromatic heterocycles. The standard InChI is InChI=1S/C17H19NO3S2/c1-2-15(19)18-17-16(13-10-6-7-11-14(13)22-17)23(20,21)12-8-4-3-5-9-12/h3-5,8-9H,2,6-7,10-11H2,1H3,(H,18,19). The number of hydrogen-bond acceptors (Lipinski definition) is 4. The average molecular weight is 349 g/mol. The zero-order valence-corrected chi connectivity index (χ0v) is 14.6. The van der Waals surface area contributed by atoms with Crippen LogP contribution in [0.2, 0.25) is 0 Å². The first-order valence-electron chi connectivity index (χ1n) is 7.78. The number of benzene rings is 1. The van der Waals surface area contributed by atoms with Gasteiger partial charge in [0.05, 0.1) is 4.90 Å². The van der Waals surface area contributed by atoms with Crippen LogP contribution in [0.4, 0.5) is 5.00 Å². The molecule has 0 radical (unpaired) electrons. The van der Waals surface area contributed by atoms with Crippen molar-refractivity contribution in [2.45, 2.75) is 48.8 Å². The molecule has 1 N–H and O–H groups in total. The monoisotopic (exact) mass is 349 g/mol. The van der Waals surface area contributed by atoms with Crippen LogP contribution >= 0.6 is 11.3 Å². The molecule has 0 spiro atoms. The van der Waals surface area contributed by atoms with Gasteiger partial charge in [-0.25, -0.2) is 8.42 Å². The molecule has 0 fully saturated rings. The maximum absolute atomic E-state index is 13.1. The van der Waals surface area contributed by atoms with Crippen LogP contribution in [0.5, 0.6) is 0 Å². The van der Waals surface area contributed by atoms with Gasteiger partial charge >= 0.3 is 0 Å². The summed E-state index contributed by atoms with van der Waals surface area (Å²) in [4.78, 5) is 13.5. The van der Waals surface area contributed by atoms with Crippen molar-refractivity contribution >= 4 is 32.1 Å². The summed E-state index contributed by atoms with van der Waals surface area (Å²) in [7, 11) is -3.63. The van der Waals surface area contributed by atoms with Crippen molar-refractivity contribution in [1.29, 1.82) is 0 Å². The van der Waals surface area contributed by atoms with Gasteiger partial charge in [-0.05, 0) is 43.4 Å². The minimum Gasteiger partial charge on any atom is -0.317 e. The predicted molar refractivity (Wildman–Crippen MR) is 91.8 cm³/mol. The van der Waals surface area contributed by atoms with E-state index in [1.807, 2.05) is 0 Å². The van der Waals surface area contributed by atoms with Crippen molar-refractivity contribution in [3.05, 3.63) is 40.8 Å². The second kappa shape index (κ2) is 6.45. The number of nitrogens with one attached hydrogen (secondary N) is 1. The first-order valence-corrected chi connectivity index (χ1v) is 10.1. The largest absolute Gasteiger partial charge is 0.317 e. The maximum atomic E-state index is 13.1. The molecule has 1 aliphatic carbocycles. The van der Waals surface area contributed by atoms with Crippen LogP contribution in [0.25, 0.3) is 0 Å². The molecule has 23 heavy (non-hydrogen) atoms. The minimum atomic E-state index is -3.63. The number of fused-ring (bicyclic) bond motifs is 1. The molecule has 0 atom stereocenters. The number of sulfone groups is 1. The average Bonchev–Trinajstić information content (AvgIpc) is 2.94. The Hall–Kier alpha value is -1.66. The fraction of sp³-hybridized carbons (Fsp3) is 0.353. The minimum absolute atomic E-state index is 0.159. The van der Waals surface area contributed by atoms with Crippen LogP contribution in [0.1, 0.15) is 36.6 Å². The van der Waals surface area contributed by atoms with Gasteiger partial charge in [0, 0.05) is 11.3 Å². The lowest BCUT2D eigenvalue weighted by Gasteiger charge is -2.13. The van der Waals surface area contributed by atoms with Crippen molar-refractivity contribution in [2.75, 3.05) is 5.32 Å². The van der Waals surface area contributed by atoms with Gasteiger partial charge in [0.2, 0.25) is 15.7 Å². The number of aryl methyl sites for hydroxylation is 1. The van der Waals surface area contributed by atoms with Gasteiger partial charge in [0.1, 0.15) is 9.90 Å². The summed E-state index contributed by atoms with van der Waals surface area (Å²) in [6, 6.07) is 8.44. The van der Waals surface area contributed by atoms with E-state index < -0.39 is 9.84 Å². The van der Waals surface area contributed by atoms with Crippen LogP contribution in [0.15, 0.2) is 40.1 Å². The highest BCUT2D eigenvalue weighted by molar-refractivity contribution is 7.92. The van der Waals surface area contributed by atoms with Gasteiger partial charge in [-0.15, -0.1) is 11.3 Å². The molecule has 1 amide bonds. The summed E-state index contributed by atoms with van der Waals surface area (Å²) >= 11 is 1.42. The second-order valence-electron chi connectivity index (χ2n) is 5.59. The number of amides is 1. The Morgan fingerprint density at radius 3 is 2.57 bits per heavy atom. The van der Waals surface area contributed by atoms with Crippen LogP contribution in [0, 0.1) is 0 Å². The van der Waals surface area contributed by atoms with Crippen LogP contribution < -0.4 is 5.32 Å². The SMILES string of the molecule is CCC(=O)Nc1sc2c(c1S(=O)(=O)c1ccccc1)CCCC2. The number of thiophene rings is 1. The van der Waals surface area contributed by atoms with Gasteiger partial charge < -0.3 is 5.32 Å². The lowest BCUT2D eigenvalue weighted by atomic mass is 9.99. The van der Waals surface area contributed by atoms with Crippen LogP contribution in [0.3, 0.4) is 0 Å². The molecule has 1 aliphatic rings. The highest BCUT2D eigenvalue weighted by Crippen LogP contribution is 2.43. The summed E-state index contributed by atoms with van der Waals surface area (Å²) in [6.07, 6.45) is 4.03. The van der Waals surface area contributed by atoms with E-state index in [0.717, 1.165) is 36.1 Å². The molecule has 1 aromatic carbocycles. The normalized spacial score (nSPS) is 14.3. The molecule has 0 aliphatic heterocycles. The van der Waals surface area contributed by atoms with Crippen molar-refractivity contribution in [1.82, 2.24) is 0 Å². The van der Waals surface area contributed by atoms with E-state index in [2.05, 4.69) is 5.32 Å². The number of rotatable bonds is 4. The number of carbonyl (C=O) groups is 1. The lowest BCUT2D eigenvalue weighted by Crippen LogP contribution is -2.13. The molecule has 1 heterocycles. The van der Waals surface area contributed by atoms with Crippen LogP contribution in [-0.4, -0.2) is 14.3 Å². The molecule has 0 saturated heterocycles. The van der Waals surface area contributed by atoms with Crippen molar-refractivity contribution in [3.63, 3.8) is 0 Å². The Balaban J connectivity index is 2.16. The van der Waals surface area contributed by atoms with E-state index in [0.29, 0.717) is 16.3 Å². The van der Waals surface area contributed by atoms with Gasteiger partial charge in [0.25, 0.3) is 0 Å². The fourth-order valence-corrected chi connectivity index (χ4v) is 6.15. The third kappa shape index (κ3) is 3.05. The van der Waals surface area contributed by atoms with E-state index in [1.165, 1.54) is 11.3 Å². The Morgan fingerprint density at radius 2 is 1.87 bits per heavy atom. The highest BCUT2D eigenvalue weighted by atomic mass is 32.2. The van der Waals surface area contributed by atoms with Crippen molar-refractivity contribution in [2.24, 2.45) is 0 Å². The molecule has 6 heteroatoms. The molecular formula is C17H19NO3S2. The Kier molecular flexibility index (Phi) is 4.55. The molecule has 0 unspecified atom stereocenters. The Morgan fingerprint density at radius 1 is 1.17 bits per heavy atom. The summed E-state index contributed by atoms with van der Waals surface area (Å²) < 4.78 is 26.2. The zero-order valence-electron chi connectivity index (χ0n) is 13.0. The number of anilines is 1. The van der Waals surface area contributed by atoms with Crippen molar-refractivity contribution in [3.8, 4) is 0 Å². The Labute approximate surface area is 140 Å². The number of hydrogen-bond donors (Lipinski definition) is 1. The van der Waals surface area contributed by atoms with Gasteiger partial charge in [-0.3, -0.25) is 4.79 Å². The fourth-order valence-electron chi connectivity index (χ4n) is 2.84. The van der Waals surface area contributed by atoms with Gasteiger partial charge in [0.15, 0.2) is 0 Å². The molecule has 3 rings (SSSR count). The smallest absolute Gasteiger partial charge is 0.224 e. The predicted octanol–water partition coefficient (Wildman–Crippen LogP) is 3.81. The summed E-state index contributed by atoms with van der Waals surface area (Å²) in [5, 5.41) is 3.27. The van der Waals surface area contributed by atoms with Gasteiger partial charge in [-0.2, -0.15) is 0 Å². The molecule has 4 nitrogen and oxygen atoms in total. The molecule has 0 saturated carbocycles. The topological polar surface area (TPSA) is 63.2 Å². The Bertz CT molecular complexity index is 823. The summed E-state index contributed by atoms with van der Waals surface area (Å²) in [5.41, 5.74) is 0.900. The van der Waals surface area contributed by atoms with Crippen LogP contribution in [-0.2, 0) is 27.5 Å². The zero-order chi connectivity index (χ0) is 16.4. The summed E-state index contributed by atoms with van der Waals surface area (Å²) in [5.74, 6) is -0.159. The molecule has 122 valence electrons. The highest BCUT2D eigenvalue weighted by Gasteiger charge is 2.31. The van der Waals surface area contributed by atoms with E-state index in [9.17, 15) is 13.2 Å².